The summed E-state index contributed by atoms with van der Waals surface area (Å²) in [7, 11) is 1.83. The van der Waals surface area contributed by atoms with Gasteiger partial charge in [0.1, 0.15) is 11.3 Å². The van der Waals surface area contributed by atoms with E-state index >= 15 is 0 Å². The molecule has 1 aromatic rings. The van der Waals surface area contributed by atoms with Crippen molar-refractivity contribution in [3.8, 4) is 0 Å². The van der Waals surface area contributed by atoms with Crippen LogP contribution in [0.5, 0.6) is 0 Å². The Morgan fingerprint density at radius 3 is 2.46 bits per heavy atom. The third-order valence-corrected chi connectivity index (χ3v) is 7.07. The quantitative estimate of drug-likeness (QED) is 0.873. The standard InChI is InChI=1S/C20H29N3O2.ClH/c1-13-6-7-18(13)23-11-15-4-3-5-16(12-23)20(15,25-2)14-8-9-22-17(10-14)19(21)24;/h8-10,13,15-16,18H,3-7,11-12H2,1-2H3,(H2,21,24);1H/t13-,15?,16?,18+,20?;/m1./s1. The number of ether oxygens (including phenoxy) is 1. The molecule has 2 bridgehead atoms. The molecule has 26 heavy (non-hydrogen) atoms. The maximum Gasteiger partial charge on any atom is 0.267 e. The Labute approximate surface area is 162 Å². The smallest absolute Gasteiger partial charge is 0.267 e. The molecule has 1 saturated heterocycles. The minimum atomic E-state index is -0.473. The number of halogens is 1. The van der Waals surface area contributed by atoms with Crippen molar-refractivity contribution in [1.29, 1.82) is 0 Å². The maximum atomic E-state index is 11.6. The van der Waals surface area contributed by atoms with Crippen molar-refractivity contribution in [1.82, 2.24) is 9.88 Å². The SMILES string of the molecule is COC1(c2ccnc(C(N)=O)c2)C2CCCC1CN([C@H]1CC[C@H]1C)C2.Cl. The first-order chi connectivity index (χ1) is 12.1. The number of amides is 1. The topological polar surface area (TPSA) is 68.5 Å². The van der Waals surface area contributed by atoms with E-state index in [2.05, 4.69) is 16.8 Å². The van der Waals surface area contributed by atoms with E-state index in [0.29, 0.717) is 17.5 Å². The fraction of sp³-hybridized carbons (Fsp3) is 0.700. The second kappa shape index (κ2) is 7.45. The number of hydrogen-bond donors (Lipinski definition) is 1. The van der Waals surface area contributed by atoms with Crippen LogP contribution in [0.4, 0.5) is 0 Å². The Hall–Kier alpha value is -1.17. The van der Waals surface area contributed by atoms with Crippen molar-refractivity contribution in [3.05, 3.63) is 29.6 Å². The molecule has 2 saturated carbocycles. The van der Waals surface area contributed by atoms with Gasteiger partial charge in [0, 0.05) is 44.3 Å². The number of pyridine rings is 1. The number of nitrogens with two attached hydrogens (primary N) is 1. The number of carbonyl (C=O) groups excluding carboxylic acids is 1. The van der Waals surface area contributed by atoms with Crippen LogP contribution in [0, 0.1) is 17.8 Å². The number of piperidine rings is 1. The van der Waals surface area contributed by atoms with Crippen LogP contribution in [0.2, 0.25) is 0 Å². The molecule has 5 nitrogen and oxygen atoms in total. The van der Waals surface area contributed by atoms with Crippen LogP contribution in [-0.2, 0) is 10.3 Å². The lowest BCUT2D eigenvalue weighted by atomic mass is 9.61. The summed E-state index contributed by atoms with van der Waals surface area (Å²) in [5, 5.41) is 0. The number of fused-ring (bicyclic) bond motifs is 2. The summed E-state index contributed by atoms with van der Waals surface area (Å²) in [6.45, 7) is 4.56. The largest absolute Gasteiger partial charge is 0.373 e. The lowest BCUT2D eigenvalue weighted by Crippen LogP contribution is -2.62. The second-order valence-corrected chi connectivity index (χ2v) is 8.19. The molecule has 1 aromatic heterocycles. The molecule has 0 radical (unpaired) electrons. The van der Waals surface area contributed by atoms with E-state index in [1.165, 1.54) is 32.1 Å². The monoisotopic (exact) mass is 379 g/mol. The average molecular weight is 380 g/mol. The normalized spacial score (nSPS) is 36.7. The second-order valence-electron chi connectivity index (χ2n) is 8.19. The Balaban J connectivity index is 0.00000196. The van der Waals surface area contributed by atoms with Gasteiger partial charge in [0.15, 0.2) is 0 Å². The zero-order chi connectivity index (χ0) is 17.6. The highest BCUT2D eigenvalue weighted by Gasteiger charge is 2.54. The lowest BCUT2D eigenvalue weighted by Gasteiger charge is -2.58. The van der Waals surface area contributed by atoms with Gasteiger partial charge in [0.25, 0.3) is 5.91 Å². The van der Waals surface area contributed by atoms with E-state index in [1.54, 1.807) is 6.20 Å². The van der Waals surface area contributed by atoms with Crippen molar-refractivity contribution >= 4 is 18.3 Å². The van der Waals surface area contributed by atoms with Crippen LogP contribution >= 0.6 is 12.4 Å². The number of methoxy groups -OCH3 is 1. The number of hydrogen-bond acceptors (Lipinski definition) is 4. The summed E-state index contributed by atoms with van der Waals surface area (Å²) in [5.41, 5.74) is 6.57. The maximum absolute atomic E-state index is 11.6. The predicted molar refractivity (Wildman–Crippen MR) is 103 cm³/mol. The van der Waals surface area contributed by atoms with Crippen LogP contribution in [-0.4, -0.2) is 42.0 Å². The van der Waals surface area contributed by atoms with Gasteiger partial charge in [-0.1, -0.05) is 13.3 Å². The van der Waals surface area contributed by atoms with Gasteiger partial charge < -0.3 is 10.5 Å². The van der Waals surface area contributed by atoms with Gasteiger partial charge in [-0.2, -0.15) is 0 Å². The Bertz CT molecular complexity index is 654. The first kappa shape index (κ1) is 19.6. The highest BCUT2D eigenvalue weighted by atomic mass is 35.5. The summed E-state index contributed by atoms with van der Waals surface area (Å²) in [5.74, 6) is 1.26. The fourth-order valence-corrected chi connectivity index (χ4v) is 5.66. The number of primary amides is 1. The number of rotatable bonds is 4. The Kier molecular flexibility index (Phi) is 5.61. The summed E-state index contributed by atoms with van der Waals surface area (Å²) < 4.78 is 6.27. The van der Waals surface area contributed by atoms with Gasteiger partial charge in [-0.15, -0.1) is 12.4 Å². The molecule has 3 fully saturated rings. The zero-order valence-electron chi connectivity index (χ0n) is 15.7. The van der Waals surface area contributed by atoms with Crippen molar-refractivity contribution in [2.75, 3.05) is 20.2 Å². The van der Waals surface area contributed by atoms with Gasteiger partial charge in [0.05, 0.1) is 0 Å². The van der Waals surface area contributed by atoms with E-state index in [0.717, 1.165) is 30.6 Å². The highest BCUT2D eigenvalue weighted by Crippen LogP contribution is 2.52. The summed E-state index contributed by atoms with van der Waals surface area (Å²) >= 11 is 0. The molecule has 2 N–H and O–H groups in total. The van der Waals surface area contributed by atoms with Gasteiger partial charge in [-0.3, -0.25) is 14.7 Å². The van der Waals surface area contributed by atoms with E-state index in [9.17, 15) is 4.79 Å². The van der Waals surface area contributed by atoms with Crippen LogP contribution in [0.15, 0.2) is 18.3 Å². The van der Waals surface area contributed by atoms with E-state index in [-0.39, 0.29) is 18.0 Å². The molecule has 4 rings (SSSR count). The molecule has 6 heteroatoms. The minimum Gasteiger partial charge on any atom is -0.373 e. The van der Waals surface area contributed by atoms with E-state index in [1.807, 2.05) is 19.2 Å². The number of nitrogens with zero attached hydrogens (tertiary/aromatic N) is 2. The minimum absolute atomic E-state index is 0. The van der Waals surface area contributed by atoms with Crippen molar-refractivity contribution in [2.45, 2.75) is 50.7 Å². The van der Waals surface area contributed by atoms with Crippen LogP contribution < -0.4 is 5.73 Å². The van der Waals surface area contributed by atoms with Crippen molar-refractivity contribution < 1.29 is 9.53 Å². The average Bonchev–Trinajstić information content (AvgIpc) is 2.59. The van der Waals surface area contributed by atoms with Crippen LogP contribution in [0.1, 0.15) is 55.1 Å². The molecule has 0 spiro atoms. The van der Waals surface area contributed by atoms with Gasteiger partial charge in [-0.25, -0.2) is 0 Å². The third kappa shape index (κ3) is 2.94. The van der Waals surface area contributed by atoms with Crippen LogP contribution in [0.3, 0.4) is 0 Å². The molecule has 1 amide bonds. The van der Waals surface area contributed by atoms with E-state index < -0.39 is 5.91 Å². The predicted octanol–water partition coefficient (Wildman–Crippen LogP) is 2.97. The molecule has 144 valence electrons. The summed E-state index contributed by atoms with van der Waals surface area (Å²) in [6, 6.07) is 4.62. The molecule has 2 heterocycles. The van der Waals surface area contributed by atoms with Gasteiger partial charge >= 0.3 is 0 Å². The zero-order valence-corrected chi connectivity index (χ0v) is 16.5. The Morgan fingerprint density at radius 1 is 1.27 bits per heavy atom. The number of aromatic nitrogens is 1. The molecule has 4 atom stereocenters. The third-order valence-electron chi connectivity index (χ3n) is 7.07. The van der Waals surface area contributed by atoms with Gasteiger partial charge in [0.2, 0.25) is 0 Å². The summed E-state index contributed by atoms with van der Waals surface area (Å²) in [4.78, 5) is 18.5. The van der Waals surface area contributed by atoms with Crippen molar-refractivity contribution in [3.63, 3.8) is 0 Å². The van der Waals surface area contributed by atoms with Crippen molar-refractivity contribution in [2.24, 2.45) is 23.5 Å². The molecule has 2 aliphatic carbocycles. The molecule has 3 aliphatic rings. The van der Waals surface area contributed by atoms with Crippen LogP contribution in [0.25, 0.3) is 0 Å². The first-order valence-corrected chi connectivity index (χ1v) is 9.61. The number of carbonyl (C=O) groups is 1. The molecule has 2 unspecified atom stereocenters. The lowest BCUT2D eigenvalue weighted by molar-refractivity contribution is -0.181. The molecular weight excluding hydrogens is 350 g/mol. The van der Waals surface area contributed by atoms with Gasteiger partial charge in [-0.05, 0) is 49.3 Å². The molecule has 0 aromatic carbocycles. The fourth-order valence-electron chi connectivity index (χ4n) is 5.66. The highest BCUT2D eigenvalue weighted by molar-refractivity contribution is 5.90. The summed E-state index contributed by atoms with van der Waals surface area (Å²) in [6.07, 6.45) is 8.01. The molecular formula is C20H30ClN3O2. The molecule has 1 aliphatic heterocycles. The Morgan fingerprint density at radius 2 is 1.96 bits per heavy atom. The first-order valence-electron chi connectivity index (χ1n) is 9.61. The van der Waals surface area contributed by atoms with E-state index in [4.69, 9.17) is 10.5 Å². The number of likely N-dealkylation sites (tertiary alicyclic amines) is 1.